The van der Waals surface area contributed by atoms with Crippen molar-refractivity contribution in [3.63, 3.8) is 0 Å². The number of rotatable bonds is 3. The molecule has 1 rings (SSSR count). The van der Waals surface area contributed by atoms with Gasteiger partial charge in [-0.3, -0.25) is 9.69 Å². The van der Waals surface area contributed by atoms with Crippen LogP contribution in [0.1, 0.15) is 26.2 Å². The monoisotopic (exact) mass is 167 g/mol. The van der Waals surface area contributed by atoms with Crippen LogP contribution in [0.5, 0.6) is 0 Å². The molecule has 0 aromatic heterocycles. The van der Waals surface area contributed by atoms with E-state index in [0.29, 0.717) is 5.78 Å². The molecule has 12 heavy (non-hydrogen) atoms. The van der Waals surface area contributed by atoms with E-state index in [4.69, 9.17) is 0 Å². The Hall–Kier alpha value is -0.630. The lowest BCUT2D eigenvalue weighted by atomic mass is 10.1. The third-order valence-corrected chi connectivity index (χ3v) is 2.36. The lowest BCUT2D eigenvalue weighted by Gasteiger charge is -2.26. The number of Topliss-reactive ketones (excluding diaryl/α,β-unsaturated/α-hetero) is 1. The zero-order valence-corrected chi connectivity index (χ0v) is 7.81. The number of nitrogens with zero attached hydrogens (tertiary/aromatic N) is 1. The molecule has 0 N–H and O–H groups in total. The van der Waals surface area contributed by atoms with E-state index < -0.39 is 0 Å². The van der Waals surface area contributed by atoms with Crippen molar-refractivity contribution in [2.45, 2.75) is 26.2 Å². The number of ketones is 1. The summed E-state index contributed by atoms with van der Waals surface area (Å²) in [5.41, 5.74) is 1.27. The first-order chi connectivity index (χ1) is 5.72. The summed E-state index contributed by atoms with van der Waals surface area (Å²) in [6, 6.07) is 0. The highest BCUT2D eigenvalue weighted by molar-refractivity contribution is 5.79. The average Bonchev–Trinajstić information content (AvgIpc) is 2.09. The molecule has 0 unspecified atom stereocenters. The van der Waals surface area contributed by atoms with E-state index in [1.165, 1.54) is 5.57 Å². The SMILES string of the molecule is C=C(CC)CN1CCC(=O)CC1. The summed E-state index contributed by atoms with van der Waals surface area (Å²) >= 11 is 0. The minimum absolute atomic E-state index is 0.411. The van der Waals surface area contributed by atoms with Crippen LogP contribution in [-0.4, -0.2) is 30.3 Å². The molecule has 1 aliphatic rings. The minimum Gasteiger partial charge on any atom is -0.300 e. The van der Waals surface area contributed by atoms with Crippen LogP contribution in [0, 0.1) is 0 Å². The van der Waals surface area contributed by atoms with Crippen molar-refractivity contribution >= 4 is 5.78 Å². The second kappa shape index (κ2) is 4.41. The normalized spacial score (nSPS) is 19.6. The van der Waals surface area contributed by atoms with Gasteiger partial charge < -0.3 is 0 Å². The molecule has 1 fully saturated rings. The van der Waals surface area contributed by atoms with Gasteiger partial charge in [-0.05, 0) is 6.42 Å². The molecule has 0 aliphatic carbocycles. The number of hydrogen-bond donors (Lipinski definition) is 0. The van der Waals surface area contributed by atoms with Crippen molar-refractivity contribution in [3.8, 4) is 0 Å². The highest BCUT2D eigenvalue weighted by Crippen LogP contribution is 2.08. The van der Waals surface area contributed by atoms with E-state index in [9.17, 15) is 4.79 Å². The van der Waals surface area contributed by atoms with Gasteiger partial charge in [0.05, 0.1) is 0 Å². The van der Waals surface area contributed by atoms with Gasteiger partial charge in [-0.2, -0.15) is 0 Å². The van der Waals surface area contributed by atoms with Crippen LogP contribution in [-0.2, 0) is 4.79 Å². The summed E-state index contributed by atoms with van der Waals surface area (Å²) < 4.78 is 0. The van der Waals surface area contributed by atoms with E-state index in [-0.39, 0.29) is 0 Å². The predicted molar refractivity (Wildman–Crippen MR) is 50.1 cm³/mol. The largest absolute Gasteiger partial charge is 0.300 e. The first kappa shape index (κ1) is 9.46. The Labute approximate surface area is 74.2 Å². The van der Waals surface area contributed by atoms with Crippen molar-refractivity contribution in [1.29, 1.82) is 0 Å². The van der Waals surface area contributed by atoms with Crippen LogP contribution in [0.2, 0.25) is 0 Å². The number of carbonyl (C=O) groups is 1. The van der Waals surface area contributed by atoms with E-state index in [0.717, 1.165) is 38.9 Å². The summed E-state index contributed by atoms with van der Waals surface area (Å²) in [5.74, 6) is 0.411. The van der Waals surface area contributed by atoms with Crippen molar-refractivity contribution < 1.29 is 4.79 Å². The quantitative estimate of drug-likeness (QED) is 0.595. The lowest BCUT2D eigenvalue weighted by Crippen LogP contribution is -2.34. The van der Waals surface area contributed by atoms with Gasteiger partial charge in [-0.1, -0.05) is 19.1 Å². The van der Waals surface area contributed by atoms with Crippen LogP contribution < -0.4 is 0 Å². The van der Waals surface area contributed by atoms with Crippen molar-refractivity contribution in [2.24, 2.45) is 0 Å². The highest BCUT2D eigenvalue weighted by atomic mass is 16.1. The molecule has 0 radical (unpaired) electrons. The third kappa shape index (κ3) is 2.78. The summed E-state index contributed by atoms with van der Waals surface area (Å²) in [7, 11) is 0. The van der Waals surface area contributed by atoms with E-state index in [1.54, 1.807) is 0 Å². The number of carbonyl (C=O) groups excluding carboxylic acids is 1. The Morgan fingerprint density at radius 1 is 1.50 bits per heavy atom. The van der Waals surface area contributed by atoms with Crippen LogP contribution in [0.25, 0.3) is 0 Å². The Balaban J connectivity index is 2.26. The molecule has 2 heteroatoms. The topological polar surface area (TPSA) is 20.3 Å². The molecule has 2 nitrogen and oxygen atoms in total. The molecule has 0 saturated carbocycles. The minimum atomic E-state index is 0.411. The number of hydrogen-bond acceptors (Lipinski definition) is 2. The second-order valence-corrected chi connectivity index (χ2v) is 3.42. The summed E-state index contributed by atoms with van der Waals surface area (Å²) in [6.45, 7) is 8.91. The molecular weight excluding hydrogens is 150 g/mol. The Kier molecular flexibility index (Phi) is 3.48. The molecule has 0 atom stereocenters. The molecule has 1 heterocycles. The van der Waals surface area contributed by atoms with E-state index in [2.05, 4.69) is 18.4 Å². The first-order valence-electron chi connectivity index (χ1n) is 4.63. The zero-order valence-electron chi connectivity index (χ0n) is 7.81. The Morgan fingerprint density at radius 3 is 2.58 bits per heavy atom. The predicted octanol–water partition coefficient (Wildman–Crippen LogP) is 1.62. The maximum Gasteiger partial charge on any atom is 0.135 e. The fourth-order valence-electron chi connectivity index (χ4n) is 1.39. The van der Waals surface area contributed by atoms with Gasteiger partial charge in [0.15, 0.2) is 0 Å². The molecular formula is C10H17NO. The molecule has 0 aromatic rings. The number of piperidine rings is 1. The van der Waals surface area contributed by atoms with Gasteiger partial charge in [-0.15, -0.1) is 0 Å². The average molecular weight is 167 g/mol. The van der Waals surface area contributed by atoms with Gasteiger partial charge >= 0.3 is 0 Å². The zero-order chi connectivity index (χ0) is 8.97. The van der Waals surface area contributed by atoms with Crippen LogP contribution >= 0.6 is 0 Å². The molecule has 1 saturated heterocycles. The van der Waals surface area contributed by atoms with Gasteiger partial charge in [0.2, 0.25) is 0 Å². The van der Waals surface area contributed by atoms with Gasteiger partial charge in [-0.25, -0.2) is 0 Å². The van der Waals surface area contributed by atoms with Crippen LogP contribution in [0.4, 0.5) is 0 Å². The molecule has 0 amide bonds. The molecule has 68 valence electrons. The lowest BCUT2D eigenvalue weighted by molar-refractivity contribution is -0.121. The van der Waals surface area contributed by atoms with Gasteiger partial charge in [0, 0.05) is 32.5 Å². The van der Waals surface area contributed by atoms with Gasteiger partial charge in [0.25, 0.3) is 0 Å². The fourth-order valence-corrected chi connectivity index (χ4v) is 1.39. The van der Waals surface area contributed by atoms with Crippen LogP contribution in [0.15, 0.2) is 12.2 Å². The highest BCUT2D eigenvalue weighted by Gasteiger charge is 2.15. The van der Waals surface area contributed by atoms with E-state index in [1.807, 2.05) is 0 Å². The Bertz CT molecular complexity index is 176. The summed E-state index contributed by atoms with van der Waals surface area (Å²) in [4.78, 5) is 13.2. The fraction of sp³-hybridized carbons (Fsp3) is 0.700. The molecule has 1 aliphatic heterocycles. The maximum atomic E-state index is 10.9. The van der Waals surface area contributed by atoms with E-state index >= 15 is 0 Å². The molecule has 0 spiro atoms. The van der Waals surface area contributed by atoms with Crippen LogP contribution in [0.3, 0.4) is 0 Å². The first-order valence-corrected chi connectivity index (χ1v) is 4.63. The van der Waals surface area contributed by atoms with Crippen molar-refractivity contribution in [2.75, 3.05) is 19.6 Å². The van der Waals surface area contributed by atoms with Crippen molar-refractivity contribution in [3.05, 3.63) is 12.2 Å². The maximum absolute atomic E-state index is 10.9. The second-order valence-electron chi connectivity index (χ2n) is 3.42. The smallest absolute Gasteiger partial charge is 0.135 e. The molecule has 0 bridgehead atoms. The Morgan fingerprint density at radius 2 is 2.08 bits per heavy atom. The van der Waals surface area contributed by atoms with Gasteiger partial charge in [0.1, 0.15) is 5.78 Å². The summed E-state index contributed by atoms with van der Waals surface area (Å²) in [6.07, 6.45) is 2.51. The summed E-state index contributed by atoms with van der Waals surface area (Å²) in [5, 5.41) is 0. The third-order valence-electron chi connectivity index (χ3n) is 2.36. The standard InChI is InChI=1S/C10H17NO/c1-3-9(2)8-11-6-4-10(12)5-7-11/h2-8H2,1H3. The number of likely N-dealkylation sites (tertiary alicyclic amines) is 1. The molecule has 0 aromatic carbocycles. The van der Waals surface area contributed by atoms with Crippen molar-refractivity contribution in [1.82, 2.24) is 4.90 Å².